The van der Waals surface area contributed by atoms with Crippen molar-refractivity contribution in [3.8, 4) is 11.5 Å². The van der Waals surface area contributed by atoms with Crippen molar-refractivity contribution in [2.45, 2.75) is 37.7 Å². The lowest BCUT2D eigenvalue weighted by Crippen LogP contribution is -2.26. The Morgan fingerprint density at radius 2 is 1.65 bits per heavy atom. The van der Waals surface area contributed by atoms with E-state index in [4.69, 9.17) is 5.73 Å². The number of rotatable bonds is 9. The maximum absolute atomic E-state index is 13.4. The lowest BCUT2D eigenvalue weighted by molar-refractivity contribution is -0.286. The molecule has 0 spiro atoms. The Hall–Kier alpha value is -3.37. The van der Waals surface area contributed by atoms with E-state index in [2.05, 4.69) is 20.1 Å². The molecule has 4 N–H and O–H groups in total. The molecular formula is C24H25F2N3O4S. The van der Waals surface area contributed by atoms with Gasteiger partial charge in [0.15, 0.2) is 21.3 Å². The molecule has 3 aromatic rings. The third-order valence-electron chi connectivity index (χ3n) is 5.42. The molecular weight excluding hydrogens is 464 g/mol. The number of hydrogen-bond acceptors (Lipinski definition) is 7. The number of halogens is 2. The average molecular weight is 490 g/mol. The molecule has 0 aliphatic carbocycles. The number of nitrogens with two attached hydrogens (primary N) is 1. The second-order valence-corrected chi connectivity index (χ2v) is 10.1. The van der Waals surface area contributed by atoms with E-state index in [0.717, 1.165) is 11.1 Å². The van der Waals surface area contributed by atoms with Crippen LogP contribution in [0.5, 0.6) is 11.5 Å². The van der Waals surface area contributed by atoms with Crippen molar-refractivity contribution in [2.24, 2.45) is 0 Å². The predicted molar refractivity (Wildman–Crippen MR) is 126 cm³/mol. The highest BCUT2D eigenvalue weighted by atomic mass is 32.2. The predicted octanol–water partition coefficient (Wildman–Crippen LogP) is 4.29. The Morgan fingerprint density at radius 3 is 2.35 bits per heavy atom. The summed E-state index contributed by atoms with van der Waals surface area (Å²) in [5.74, 6) is 0.0859. The zero-order valence-corrected chi connectivity index (χ0v) is 19.3. The molecule has 0 saturated carbocycles. The van der Waals surface area contributed by atoms with Crippen LogP contribution in [0, 0.1) is 0 Å². The van der Waals surface area contributed by atoms with Gasteiger partial charge in [0, 0.05) is 25.2 Å². The van der Waals surface area contributed by atoms with Gasteiger partial charge in [0.1, 0.15) is 0 Å². The molecule has 0 bridgehead atoms. The van der Waals surface area contributed by atoms with Crippen LogP contribution in [0.1, 0.15) is 23.6 Å². The van der Waals surface area contributed by atoms with Crippen LogP contribution in [-0.2, 0) is 29.5 Å². The summed E-state index contributed by atoms with van der Waals surface area (Å²) < 4.78 is 59.6. The van der Waals surface area contributed by atoms with Gasteiger partial charge in [-0.25, -0.2) is 8.42 Å². The number of fused-ring (bicyclic) bond motifs is 1. The number of anilines is 2. The molecule has 3 aromatic carbocycles. The second kappa shape index (κ2) is 9.47. The van der Waals surface area contributed by atoms with Gasteiger partial charge in [0.25, 0.3) is 0 Å². The van der Waals surface area contributed by atoms with Crippen molar-refractivity contribution in [2.75, 3.05) is 16.8 Å². The van der Waals surface area contributed by atoms with E-state index in [9.17, 15) is 17.2 Å². The number of ether oxygens (including phenoxy) is 2. The van der Waals surface area contributed by atoms with Gasteiger partial charge < -0.3 is 25.8 Å². The van der Waals surface area contributed by atoms with Crippen molar-refractivity contribution >= 4 is 21.2 Å². The number of para-hydroxylation sites is 1. The fourth-order valence-corrected chi connectivity index (χ4v) is 4.45. The molecule has 1 aliphatic rings. The molecule has 0 unspecified atom stereocenters. The number of sulfone groups is 1. The number of nitrogens with one attached hydrogen (secondary N) is 2. The Morgan fingerprint density at radius 1 is 0.941 bits per heavy atom. The summed E-state index contributed by atoms with van der Waals surface area (Å²) in [7, 11) is -3.20. The molecule has 1 heterocycles. The Labute approximate surface area is 196 Å². The van der Waals surface area contributed by atoms with Crippen LogP contribution >= 0.6 is 0 Å². The zero-order valence-electron chi connectivity index (χ0n) is 18.5. The van der Waals surface area contributed by atoms with Crippen molar-refractivity contribution in [1.82, 2.24) is 5.32 Å². The highest BCUT2D eigenvalue weighted by Gasteiger charge is 2.44. The van der Waals surface area contributed by atoms with Crippen molar-refractivity contribution in [3.63, 3.8) is 0 Å². The molecule has 1 aliphatic heterocycles. The van der Waals surface area contributed by atoms with Crippen LogP contribution in [0.15, 0.2) is 65.6 Å². The zero-order chi connectivity index (χ0) is 24.3. The van der Waals surface area contributed by atoms with Crippen molar-refractivity contribution in [3.05, 3.63) is 77.4 Å². The molecule has 0 radical (unpaired) electrons. The molecule has 10 heteroatoms. The minimum Gasteiger partial charge on any atom is -0.397 e. The minimum atomic E-state index is -3.67. The van der Waals surface area contributed by atoms with E-state index in [0.29, 0.717) is 34.9 Å². The molecule has 0 saturated heterocycles. The van der Waals surface area contributed by atoms with Crippen LogP contribution in [-0.4, -0.2) is 20.5 Å². The monoisotopic (exact) mass is 489 g/mol. The Bertz CT molecular complexity index is 1280. The third-order valence-corrected chi connectivity index (χ3v) is 7.17. The van der Waals surface area contributed by atoms with Crippen molar-refractivity contribution in [1.29, 1.82) is 0 Å². The summed E-state index contributed by atoms with van der Waals surface area (Å²) in [5, 5.41) is 6.45. The Kier molecular flexibility index (Phi) is 6.63. The number of nitrogen functional groups attached to an aromatic ring is 1. The standard InChI is InChI=1S/C24H25F2N3O4S/c1-2-34(30,31)19-9-6-16(7-10-19)13-28-14-17-8-11-21(20(27)12-17)29-15-18-4-3-5-22-23(18)33-24(25,26)32-22/h3-12,28-29H,2,13-15,27H2,1H3. The third kappa shape index (κ3) is 5.40. The maximum atomic E-state index is 13.4. The maximum Gasteiger partial charge on any atom is 0.586 e. The van der Waals surface area contributed by atoms with Gasteiger partial charge in [-0.15, -0.1) is 8.78 Å². The number of benzene rings is 3. The summed E-state index contributed by atoms with van der Waals surface area (Å²) in [6.07, 6.45) is -3.67. The summed E-state index contributed by atoms with van der Waals surface area (Å²) in [5.41, 5.74) is 9.81. The minimum absolute atomic E-state index is 0.000298. The lowest BCUT2D eigenvalue weighted by Gasteiger charge is -2.13. The van der Waals surface area contributed by atoms with Gasteiger partial charge in [0.05, 0.1) is 22.0 Å². The largest absolute Gasteiger partial charge is 0.586 e. The summed E-state index contributed by atoms with van der Waals surface area (Å²) in [6.45, 7) is 2.98. The van der Waals surface area contributed by atoms with Crippen molar-refractivity contribution < 1.29 is 26.7 Å². The number of hydrogen-bond donors (Lipinski definition) is 3. The van der Waals surface area contributed by atoms with E-state index in [1.807, 2.05) is 18.2 Å². The molecule has 0 atom stereocenters. The number of alkyl halides is 2. The van der Waals surface area contributed by atoms with Gasteiger partial charge in [-0.1, -0.05) is 37.3 Å². The van der Waals surface area contributed by atoms with Gasteiger partial charge in [-0.05, 0) is 41.5 Å². The van der Waals surface area contributed by atoms with E-state index < -0.39 is 16.1 Å². The van der Waals surface area contributed by atoms with E-state index in [-0.39, 0.29) is 23.8 Å². The van der Waals surface area contributed by atoms with Crippen LogP contribution in [0.3, 0.4) is 0 Å². The quantitative estimate of drug-likeness (QED) is 0.386. The SMILES string of the molecule is CCS(=O)(=O)c1ccc(CNCc2ccc(NCc3cccc4c3OC(F)(F)O4)c(N)c2)cc1. The first-order valence-corrected chi connectivity index (χ1v) is 12.3. The topological polar surface area (TPSA) is 103 Å². The molecule has 0 fully saturated rings. The highest BCUT2D eigenvalue weighted by molar-refractivity contribution is 7.91. The smallest absolute Gasteiger partial charge is 0.397 e. The first-order valence-electron chi connectivity index (χ1n) is 10.7. The molecule has 0 aromatic heterocycles. The Balaban J connectivity index is 1.32. The first-order chi connectivity index (χ1) is 16.2. The average Bonchev–Trinajstić information content (AvgIpc) is 3.13. The summed E-state index contributed by atoms with van der Waals surface area (Å²) >= 11 is 0. The molecule has 34 heavy (non-hydrogen) atoms. The van der Waals surface area contributed by atoms with Crippen LogP contribution < -0.4 is 25.8 Å². The van der Waals surface area contributed by atoms with Crippen LogP contribution in [0.4, 0.5) is 20.2 Å². The fraction of sp³-hybridized carbons (Fsp3) is 0.250. The van der Waals surface area contributed by atoms with Gasteiger partial charge in [-0.2, -0.15) is 0 Å². The molecule has 0 amide bonds. The van der Waals surface area contributed by atoms with E-state index in [1.54, 1.807) is 43.3 Å². The van der Waals surface area contributed by atoms with Crippen LogP contribution in [0.25, 0.3) is 0 Å². The highest BCUT2D eigenvalue weighted by Crippen LogP contribution is 2.43. The normalized spacial score (nSPS) is 14.2. The van der Waals surface area contributed by atoms with E-state index in [1.165, 1.54) is 6.07 Å². The van der Waals surface area contributed by atoms with E-state index >= 15 is 0 Å². The molecule has 180 valence electrons. The fourth-order valence-electron chi connectivity index (χ4n) is 3.57. The van der Waals surface area contributed by atoms with Crippen LogP contribution in [0.2, 0.25) is 0 Å². The van der Waals surface area contributed by atoms with Gasteiger partial charge in [0.2, 0.25) is 0 Å². The summed E-state index contributed by atoms with van der Waals surface area (Å²) in [6, 6.07) is 17.1. The summed E-state index contributed by atoms with van der Waals surface area (Å²) in [4.78, 5) is 0.322. The lowest BCUT2D eigenvalue weighted by atomic mass is 10.1. The molecule has 4 rings (SSSR count). The first kappa shape index (κ1) is 23.8. The van der Waals surface area contributed by atoms with Gasteiger partial charge >= 0.3 is 6.29 Å². The van der Waals surface area contributed by atoms with Gasteiger partial charge in [-0.3, -0.25) is 0 Å². The molecule has 7 nitrogen and oxygen atoms in total. The second-order valence-electron chi connectivity index (χ2n) is 7.84.